The van der Waals surface area contributed by atoms with Crippen molar-refractivity contribution in [2.45, 2.75) is 38.2 Å². The molecule has 0 aliphatic rings. The van der Waals surface area contributed by atoms with Crippen molar-refractivity contribution < 1.29 is 22.4 Å². The zero-order chi connectivity index (χ0) is 25.9. The van der Waals surface area contributed by atoms with E-state index in [1.807, 2.05) is 19.1 Å². The average Bonchev–Trinajstić information content (AvgIpc) is 3.52. The molecule has 4 aromatic rings. The molecule has 0 saturated carbocycles. The van der Waals surface area contributed by atoms with Crippen LogP contribution >= 0.6 is 22.9 Å². The van der Waals surface area contributed by atoms with Crippen LogP contribution in [0.5, 0.6) is 5.75 Å². The Balaban J connectivity index is 1.38. The second-order valence-corrected chi connectivity index (χ2v) is 11.3. The van der Waals surface area contributed by atoms with Gasteiger partial charge in [0.05, 0.1) is 4.90 Å². The second kappa shape index (κ2) is 10.7. The number of hydrogen-bond acceptors (Lipinski definition) is 7. The molecule has 11 heteroatoms. The Kier molecular flexibility index (Phi) is 7.67. The number of nitrogens with zero attached hydrogens (tertiary/aromatic N) is 1. The van der Waals surface area contributed by atoms with Gasteiger partial charge in [-0.25, -0.2) is 13.4 Å². The molecule has 2 N–H and O–H groups in total. The van der Waals surface area contributed by atoms with Gasteiger partial charge < -0.3 is 14.5 Å². The Morgan fingerprint density at radius 2 is 1.92 bits per heavy atom. The van der Waals surface area contributed by atoms with Crippen molar-refractivity contribution in [2.75, 3.05) is 10.0 Å². The summed E-state index contributed by atoms with van der Waals surface area (Å²) >= 11 is 7.44. The van der Waals surface area contributed by atoms with Crippen LogP contribution in [0.1, 0.15) is 47.2 Å². The van der Waals surface area contributed by atoms with Gasteiger partial charge in [-0.3, -0.25) is 9.52 Å². The smallest absolute Gasteiger partial charge is 0.291 e. The molecule has 1 amide bonds. The maximum absolute atomic E-state index is 12.6. The molecule has 0 aliphatic carbocycles. The Bertz CT molecular complexity index is 1460. The summed E-state index contributed by atoms with van der Waals surface area (Å²) in [5.41, 5.74) is 2.32. The molecule has 2 aromatic heterocycles. The van der Waals surface area contributed by atoms with Crippen LogP contribution in [-0.4, -0.2) is 19.3 Å². The molecule has 8 nitrogen and oxygen atoms in total. The van der Waals surface area contributed by atoms with Crippen LogP contribution in [-0.2, 0) is 16.6 Å². The molecule has 0 atom stereocenters. The molecule has 0 unspecified atom stereocenters. The van der Waals surface area contributed by atoms with E-state index in [9.17, 15) is 13.2 Å². The number of benzene rings is 2. The van der Waals surface area contributed by atoms with Crippen molar-refractivity contribution >= 4 is 49.7 Å². The maximum atomic E-state index is 12.6. The lowest BCUT2D eigenvalue weighted by molar-refractivity contribution is 0.0992. The summed E-state index contributed by atoms with van der Waals surface area (Å²) in [6.07, 6.45) is 1.51. The summed E-state index contributed by atoms with van der Waals surface area (Å²) in [6, 6.07) is 12.8. The second-order valence-electron chi connectivity index (χ2n) is 8.27. The number of ether oxygens (including phenoxy) is 1. The van der Waals surface area contributed by atoms with Gasteiger partial charge >= 0.3 is 0 Å². The van der Waals surface area contributed by atoms with Gasteiger partial charge in [-0.1, -0.05) is 25.4 Å². The van der Waals surface area contributed by atoms with Gasteiger partial charge in [0.1, 0.15) is 18.1 Å². The number of aromatic nitrogens is 1. The number of hydrogen-bond donors (Lipinski definition) is 2. The predicted octanol–water partition coefficient (Wildman–Crippen LogP) is 6.45. The van der Waals surface area contributed by atoms with Crippen LogP contribution in [0.25, 0.3) is 0 Å². The molecular weight excluding hydrogens is 522 g/mol. The SMILES string of the molecule is Cc1cc(OCc2ccc(C(=O)Nc3ccc(S(=O)(=O)Nc4nccs4)cc3)o2)c(C(C)C)cc1Cl. The quantitative estimate of drug-likeness (QED) is 0.250. The van der Waals surface area contributed by atoms with Crippen molar-refractivity contribution in [3.05, 3.63) is 87.8 Å². The third-order valence-corrected chi connectivity index (χ3v) is 7.82. The maximum Gasteiger partial charge on any atom is 0.291 e. The summed E-state index contributed by atoms with van der Waals surface area (Å²) in [7, 11) is -3.77. The Morgan fingerprint density at radius 1 is 1.17 bits per heavy atom. The highest BCUT2D eigenvalue weighted by Crippen LogP contribution is 2.32. The number of carbonyl (C=O) groups excluding carboxylic acids is 1. The molecular formula is C25H24ClN3O5S2. The number of thiazole rings is 1. The summed E-state index contributed by atoms with van der Waals surface area (Å²) in [4.78, 5) is 16.6. The van der Waals surface area contributed by atoms with Crippen molar-refractivity contribution in [1.29, 1.82) is 0 Å². The zero-order valence-corrected chi connectivity index (χ0v) is 22.1. The minimum Gasteiger partial charge on any atom is -0.485 e. The predicted molar refractivity (Wildman–Crippen MR) is 141 cm³/mol. The lowest BCUT2D eigenvalue weighted by atomic mass is 10.0. The molecule has 0 saturated heterocycles. The highest BCUT2D eigenvalue weighted by molar-refractivity contribution is 7.93. The minimum absolute atomic E-state index is 0.0475. The first kappa shape index (κ1) is 25.7. The van der Waals surface area contributed by atoms with E-state index in [1.165, 1.54) is 41.8 Å². The number of anilines is 2. The third kappa shape index (κ3) is 6.07. The lowest BCUT2D eigenvalue weighted by Crippen LogP contribution is -2.13. The van der Waals surface area contributed by atoms with E-state index in [0.717, 1.165) is 11.1 Å². The van der Waals surface area contributed by atoms with Gasteiger partial charge in [0.15, 0.2) is 10.9 Å². The number of sulfonamides is 1. The van der Waals surface area contributed by atoms with Crippen LogP contribution in [0.4, 0.5) is 10.8 Å². The van der Waals surface area contributed by atoms with Gasteiger partial charge in [0.25, 0.3) is 15.9 Å². The van der Waals surface area contributed by atoms with Gasteiger partial charge in [-0.05, 0) is 72.5 Å². The highest BCUT2D eigenvalue weighted by atomic mass is 35.5. The van der Waals surface area contributed by atoms with Crippen LogP contribution in [0, 0.1) is 6.92 Å². The molecule has 2 heterocycles. The molecule has 0 fully saturated rings. The first-order valence-electron chi connectivity index (χ1n) is 11.0. The van der Waals surface area contributed by atoms with E-state index in [4.69, 9.17) is 20.8 Å². The summed E-state index contributed by atoms with van der Waals surface area (Å²) < 4.78 is 38.9. The van der Waals surface area contributed by atoms with Crippen LogP contribution in [0.3, 0.4) is 0 Å². The van der Waals surface area contributed by atoms with Crippen molar-refractivity contribution in [3.8, 4) is 5.75 Å². The van der Waals surface area contributed by atoms with Gasteiger partial charge in [0, 0.05) is 22.3 Å². The number of nitrogens with one attached hydrogen (secondary N) is 2. The standard InChI is InChI=1S/C25H24ClN3O5S2/c1-15(2)20-13-21(26)16(3)12-23(20)33-14-18-6-9-22(34-18)24(30)28-17-4-7-19(8-5-17)36(31,32)29-25-27-10-11-35-25/h4-13,15H,14H2,1-3H3,(H,27,29)(H,28,30). The minimum atomic E-state index is -3.77. The van der Waals surface area contributed by atoms with E-state index in [-0.39, 0.29) is 28.3 Å². The topological polar surface area (TPSA) is 111 Å². The number of carbonyl (C=O) groups is 1. The molecule has 0 bridgehead atoms. The Labute approximate surface area is 218 Å². The number of rotatable bonds is 9. The molecule has 0 radical (unpaired) electrons. The fraction of sp³-hybridized carbons (Fsp3) is 0.200. The molecule has 4 rings (SSSR count). The lowest BCUT2D eigenvalue weighted by Gasteiger charge is -2.15. The Hall–Kier alpha value is -3.34. The monoisotopic (exact) mass is 545 g/mol. The molecule has 36 heavy (non-hydrogen) atoms. The number of amides is 1. The average molecular weight is 546 g/mol. The van der Waals surface area contributed by atoms with Crippen molar-refractivity contribution in [3.63, 3.8) is 0 Å². The van der Waals surface area contributed by atoms with E-state index in [2.05, 4.69) is 28.9 Å². The number of halogens is 1. The Morgan fingerprint density at radius 3 is 2.58 bits per heavy atom. The largest absolute Gasteiger partial charge is 0.485 e. The third-order valence-electron chi connectivity index (χ3n) is 5.24. The molecule has 0 aliphatic heterocycles. The fourth-order valence-corrected chi connectivity index (χ4v) is 5.29. The highest BCUT2D eigenvalue weighted by Gasteiger charge is 2.17. The normalized spacial score (nSPS) is 11.5. The first-order chi connectivity index (χ1) is 17.1. The summed E-state index contributed by atoms with van der Waals surface area (Å²) in [5.74, 6) is 1.06. The van der Waals surface area contributed by atoms with Crippen molar-refractivity contribution in [1.82, 2.24) is 4.98 Å². The fourth-order valence-electron chi connectivity index (χ4n) is 3.33. The van der Waals surface area contributed by atoms with E-state index < -0.39 is 15.9 Å². The molecule has 188 valence electrons. The van der Waals surface area contributed by atoms with E-state index in [1.54, 1.807) is 17.5 Å². The van der Waals surface area contributed by atoms with Crippen molar-refractivity contribution in [2.24, 2.45) is 0 Å². The zero-order valence-electron chi connectivity index (χ0n) is 19.7. The van der Waals surface area contributed by atoms with Gasteiger partial charge in [-0.2, -0.15) is 0 Å². The molecule has 0 spiro atoms. The van der Waals surface area contributed by atoms with E-state index >= 15 is 0 Å². The van der Waals surface area contributed by atoms with Gasteiger partial charge in [0.2, 0.25) is 0 Å². The van der Waals surface area contributed by atoms with Crippen LogP contribution in [0.15, 0.2) is 69.4 Å². The van der Waals surface area contributed by atoms with Gasteiger partial charge in [-0.15, -0.1) is 11.3 Å². The van der Waals surface area contributed by atoms with E-state index in [0.29, 0.717) is 22.2 Å². The number of aryl methyl sites for hydroxylation is 1. The summed E-state index contributed by atoms with van der Waals surface area (Å²) in [6.45, 7) is 6.17. The van der Waals surface area contributed by atoms with Crippen LogP contribution < -0.4 is 14.8 Å². The van der Waals surface area contributed by atoms with Crippen LogP contribution in [0.2, 0.25) is 5.02 Å². The summed E-state index contributed by atoms with van der Waals surface area (Å²) in [5, 5.41) is 5.32. The first-order valence-corrected chi connectivity index (χ1v) is 13.7. The molecule has 2 aromatic carbocycles. The number of furan rings is 1.